The zero-order chi connectivity index (χ0) is 29.7. The summed E-state index contributed by atoms with van der Waals surface area (Å²) in [5.41, 5.74) is 0.815. The first-order valence-corrected chi connectivity index (χ1v) is 14.5. The molecule has 5 rings (SSSR count). The summed E-state index contributed by atoms with van der Waals surface area (Å²) in [6.07, 6.45) is 1.68. The SMILES string of the molecule is CC(C)(C)OC(=O)N1Cc2nc3cc(F)c(-c4ccc(S(C)(=O)=O)nc4)cc3n2[C@@H](c2ccccc2OC(F)F)C1. The predicted molar refractivity (Wildman–Crippen MR) is 144 cm³/mol. The smallest absolute Gasteiger partial charge is 0.410 e. The number of pyridine rings is 1. The number of fused-ring (bicyclic) bond motifs is 3. The maximum Gasteiger partial charge on any atom is 0.410 e. The molecule has 0 unspecified atom stereocenters. The number of para-hydroxylation sites is 1. The Morgan fingerprint density at radius 2 is 1.85 bits per heavy atom. The fourth-order valence-corrected chi connectivity index (χ4v) is 5.35. The van der Waals surface area contributed by atoms with Gasteiger partial charge in [0.2, 0.25) is 0 Å². The Bertz CT molecular complexity index is 1730. The number of alkyl halides is 2. The number of sulfone groups is 1. The van der Waals surface area contributed by atoms with Gasteiger partial charge in [-0.2, -0.15) is 8.78 Å². The molecular formula is C28H27F3N4O5S. The van der Waals surface area contributed by atoms with Crippen LogP contribution < -0.4 is 4.74 Å². The summed E-state index contributed by atoms with van der Waals surface area (Å²) in [6, 6.07) is 11.0. The molecule has 0 aliphatic carbocycles. The van der Waals surface area contributed by atoms with E-state index in [1.165, 1.54) is 35.4 Å². The van der Waals surface area contributed by atoms with Crippen molar-refractivity contribution in [3.63, 3.8) is 0 Å². The highest BCUT2D eigenvalue weighted by Gasteiger charge is 2.35. The second kappa shape index (κ2) is 10.4. The zero-order valence-corrected chi connectivity index (χ0v) is 23.5. The molecule has 1 aliphatic rings. The quantitative estimate of drug-likeness (QED) is 0.300. The van der Waals surface area contributed by atoms with Crippen LogP contribution in [0.25, 0.3) is 22.2 Å². The van der Waals surface area contributed by atoms with E-state index < -0.39 is 40.0 Å². The molecule has 0 N–H and O–H groups in total. The summed E-state index contributed by atoms with van der Waals surface area (Å²) in [6.45, 7) is 2.18. The molecule has 2 aromatic carbocycles. The van der Waals surface area contributed by atoms with E-state index in [1.54, 1.807) is 49.6 Å². The average molecular weight is 589 g/mol. The van der Waals surface area contributed by atoms with Gasteiger partial charge in [-0.1, -0.05) is 18.2 Å². The third-order valence-electron chi connectivity index (χ3n) is 6.46. The van der Waals surface area contributed by atoms with Crippen LogP contribution in [0.15, 0.2) is 59.8 Å². The molecule has 1 aliphatic heterocycles. The molecule has 4 aromatic rings. The van der Waals surface area contributed by atoms with Gasteiger partial charge >= 0.3 is 12.7 Å². The molecule has 0 bridgehead atoms. The van der Waals surface area contributed by atoms with Crippen LogP contribution in [0.4, 0.5) is 18.0 Å². The van der Waals surface area contributed by atoms with Gasteiger partial charge in [-0.15, -0.1) is 0 Å². The molecule has 2 aromatic heterocycles. The van der Waals surface area contributed by atoms with Crippen LogP contribution in [0.1, 0.15) is 38.2 Å². The van der Waals surface area contributed by atoms with Crippen LogP contribution in [-0.2, 0) is 21.1 Å². The van der Waals surface area contributed by atoms with E-state index in [9.17, 15) is 22.0 Å². The number of nitrogens with zero attached hydrogens (tertiary/aromatic N) is 4. The summed E-state index contributed by atoms with van der Waals surface area (Å²) >= 11 is 0. The molecule has 1 amide bonds. The van der Waals surface area contributed by atoms with Crippen molar-refractivity contribution in [2.75, 3.05) is 12.8 Å². The van der Waals surface area contributed by atoms with E-state index in [2.05, 4.69) is 9.97 Å². The topological polar surface area (TPSA) is 104 Å². The van der Waals surface area contributed by atoms with Gasteiger partial charge in [-0.3, -0.25) is 4.90 Å². The first-order valence-electron chi connectivity index (χ1n) is 12.6. The van der Waals surface area contributed by atoms with Crippen molar-refractivity contribution in [3.05, 3.63) is 71.9 Å². The number of benzene rings is 2. The molecule has 0 radical (unpaired) electrons. The highest BCUT2D eigenvalue weighted by molar-refractivity contribution is 7.90. The number of hydrogen-bond donors (Lipinski definition) is 0. The lowest BCUT2D eigenvalue weighted by Gasteiger charge is -2.36. The highest BCUT2D eigenvalue weighted by atomic mass is 32.2. The molecule has 0 saturated heterocycles. The van der Waals surface area contributed by atoms with Crippen LogP contribution in [0.2, 0.25) is 0 Å². The molecule has 0 saturated carbocycles. The van der Waals surface area contributed by atoms with E-state index >= 15 is 4.39 Å². The van der Waals surface area contributed by atoms with Gasteiger partial charge in [-0.05, 0) is 45.0 Å². The molecule has 3 heterocycles. The third-order valence-corrected chi connectivity index (χ3v) is 7.46. The fourth-order valence-electron chi connectivity index (χ4n) is 4.79. The van der Waals surface area contributed by atoms with Crippen molar-refractivity contribution in [1.29, 1.82) is 0 Å². The van der Waals surface area contributed by atoms with E-state index in [4.69, 9.17) is 9.47 Å². The lowest BCUT2D eigenvalue weighted by Crippen LogP contribution is -2.44. The predicted octanol–water partition coefficient (Wildman–Crippen LogP) is 5.58. The molecule has 41 heavy (non-hydrogen) atoms. The maximum atomic E-state index is 15.3. The lowest BCUT2D eigenvalue weighted by atomic mass is 10.0. The Morgan fingerprint density at radius 1 is 1.12 bits per heavy atom. The first kappa shape index (κ1) is 28.4. The first-order chi connectivity index (χ1) is 19.2. The van der Waals surface area contributed by atoms with Crippen molar-refractivity contribution in [1.82, 2.24) is 19.4 Å². The normalized spacial score (nSPS) is 15.7. The lowest BCUT2D eigenvalue weighted by molar-refractivity contribution is -0.0509. The van der Waals surface area contributed by atoms with Crippen molar-refractivity contribution in [2.45, 2.75) is 50.6 Å². The van der Waals surface area contributed by atoms with E-state index in [0.29, 0.717) is 22.5 Å². The van der Waals surface area contributed by atoms with E-state index in [-0.39, 0.29) is 34.9 Å². The molecule has 216 valence electrons. The van der Waals surface area contributed by atoms with Gasteiger partial charge in [0, 0.05) is 41.8 Å². The van der Waals surface area contributed by atoms with Gasteiger partial charge in [0.05, 0.1) is 23.6 Å². The highest BCUT2D eigenvalue weighted by Crippen LogP contribution is 2.38. The molecule has 0 spiro atoms. The number of imidazole rings is 1. The van der Waals surface area contributed by atoms with Crippen LogP contribution in [0.5, 0.6) is 5.75 Å². The van der Waals surface area contributed by atoms with Gasteiger partial charge in [0.15, 0.2) is 14.9 Å². The van der Waals surface area contributed by atoms with Crippen molar-refractivity contribution < 1.29 is 35.9 Å². The van der Waals surface area contributed by atoms with Crippen LogP contribution in [0, 0.1) is 5.82 Å². The largest absolute Gasteiger partial charge is 0.444 e. The number of ether oxygens (including phenoxy) is 2. The Kier molecular flexibility index (Phi) is 7.18. The molecule has 9 nitrogen and oxygen atoms in total. The Hall–Kier alpha value is -4.13. The summed E-state index contributed by atoms with van der Waals surface area (Å²) in [5, 5.41) is -0.151. The minimum atomic E-state index is -3.55. The molecule has 0 fully saturated rings. The van der Waals surface area contributed by atoms with Crippen molar-refractivity contribution in [3.8, 4) is 16.9 Å². The number of aromatic nitrogens is 3. The maximum absolute atomic E-state index is 15.3. The monoisotopic (exact) mass is 588 g/mol. The second-order valence-electron chi connectivity index (χ2n) is 10.7. The van der Waals surface area contributed by atoms with E-state index in [1.807, 2.05) is 0 Å². The zero-order valence-electron chi connectivity index (χ0n) is 22.6. The Balaban J connectivity index is 1.67. The summed E-state index contributed by atoms with van der Waals surface area (Å²) < 4.78 is 77.8. The van der Waals surface area contributed by atoms with Gasteiger partial charge in [-0.25, -0.2) is 27.6 Å². The summed E-state index contributed by atoms with van der Waals surface area (Å²) in [5.74, 6) is -0.311. The average Bonchev–Trinajstić information content (AvgIpc) is 3.23. The number of halogens is 3. The summed E-state index contributed by atoms with van der Waals surface area (Å²) in [7, 11) is -3.55. The van der Waals surface area contributed by atoms with Crippen molar-refractivity contribution in [2.24, 2.45) is 0 Å². The number of rotatable bonds is 5. The van der Waals surface area contributed by atoms with Crippen molar-refractivity contribution >= 4 is 27.0 Å². The third kappa shape index (κ3) is 5.85. The van der Waals surface area contributed by atoms with Crippen LogP contribution >= 0.6 is 0 Å². The fraction of sp³-hybridized carbons (Fsp3) is 0.321. The van der Waals surface area contributed by atoms with Crippen LogP contribution in [0.3, 0.4) is 0 Å². The number of carbonyl (C=O) groups excluding carboxylic acids is 1. The van der Waals surface area contributed by atoms with Gasteiger partial charge in [0.25, 0.3) is 0 Å². The van der Waals surface area contributed by atoms with Crippen LogP contribution in [-0.4, -0.2) is 59.0 Å². The minimum Gasteiger partial charge on any atom is -0.444 e. The Labute approximate surface area is 234 Å². The molecular weight excluding hydrogens is 561 g/mol. The summed E-state index contributed by atoms with van der Waals surface area (Å²) in [4.78, 5) is 23.0. The standard InChI is InChI=1S/C28H27F3N4O5S/c1-28(2,3)40-27(36)34-14-22(17-7-5-6-8-23(17)39-26(30)31)35-21-11-18(19(29)12-20(21)33-24(35)15-34)16-9-10-25(32-13-16)41(4,37)38/h5-13,22,26H,14-15H2,1-4H3/t22-/m1/s1. The Morgan fingerprint density at radius 3 is 2.49 bits per heavy atom. The second-order valence-corrected chi connectivity index (χ2v) is 12.6. The van der Waals surface area contributed by atoms with Gasteiger partial charge < -0.3 is 14.0 Å². The minimum absolute atomic E-state index is 0.0273. The number of amides is 1. The number of hydrogen-bond acceptors (Lipinski definition) is 7. The molecule has 1 atom stereocenters. The number of carbonyl (C=O) groups is 1. The van der Waals surface area contributed by atoms with E-state index in [0.717, 1.165) is 6.26 Å². The van der Waals surface area contributed by atoms with Gasteiger partial charge in [0.1, 0.15) is 23.0 Å². The molecule has 13 heteroatoms.